The lowest BCUT2D eigenvalue weighted by Crippen LogP contribution is -2.35. The second-order valence-corrected chi connectivity index (χ2v) is 5.97. The Labute approximate surface area is 133 Å². The summed E-state index contributed by atoms with van der Waals surface area (Å²) in [6.07, 6.45) is 3.19. The Hall–Kier alpha value is -1.40. The van der Waals surface area contributed by atoms with E-state index in [1.807, 2.05) is 19.9 Å². The number of nitrogens with one attached hydrogen (secondary N) is 2. The van der Waals surface area contributed by atoms with E-state index < -0.39 is 0 Å². The monoisotopic (exact) mass is 308 g/mol. The number of aromatic nitrogens is 2. The molecule has 0 radical (unpaired) electrons. The number of methoxy groups -OCH3 is 1. The highest BCUT2D eigenvalue weighted by molar-refractivity contribution is 5.42. The lowest BCUT2D eigenvalue weighted by molar-refractivity contribution is -0.0302. The van der Waals surface area contributed by atoms with Gasteiger partial charge in [0.05, 0.1) is 6.61 Å². The minimum Gasteiger partial charge on any atom is -0.384 e. The lowest BCUT2D eigenvalue weighted by Gasteiger charge is -2.36. The molecular weight excluding hydrogens is 280 g/mol. The average molecular weight is 308 g/mol. The summed E-state index contributed by atoms with van der Waals surface area (Å²) in [6, 6.07) is 1.98. The van der Waals surface area contributed by atoms with E-state index in [9.17, 15) is 0 Å². The maximum absolute atomic E-state index is 5.49. The van der Waals surface area contributed by atoms with Gasteiger partial charge in [-0.2, -0.15) is 4.98 Å². The molecule has 2 N–H and O–H groups in total. The van der Waals surface area contributed by atoms with E-state index in [0.717, 1.165) is 63.7 Å². The molecule has 124 valence electrons. The van der Waals surface area contributed by atoms with Gasteiger partial charge in [0.2, 0.25) is 5.95 Å². The second-order valence-electron chi connectivity index (χ2n) is 5.97. The molecule has 1 aromatic heterocycles. The fourth-order valence-electron chi connectivity index (χ4n) is 2.93. The van der Waals surface area contributed by atoms with Gasteiger partial charge in [-0.15, -0.1) is 0 Å². The van der Waals surface area contributed by atoms with E-state index in [-0.39, 0.29) is 5.41 Å². The Kier molecular flexibility index (Phi) is 6.39. The first-order chi connectivity index (χ1) is 10.7. The molecule has 0 saturated carbocycles. The van der Waals surface area contributed by atoms with Crippen LogP contribution in [0.3, 0.4) is 0 Å². The van der Waals surface area contributed by atoms with Gasteiger partial charge in [0.25, 0.3) is 0 Å². The SMILES string of the molecule is CCNc1nc(C)cc(NCCC2(COC)CCOCC2)n1. The molecule has 0 amide bonds. The van der Waals surface area contributed by atoms with Gasteiger partial charge < -0.3 is 20.1 Å². The van der Waals surface area contributed by atoms with Crippen molar-refractivity contribution in [3.05, 3.63) is 11.8 Å². The molecule has 1 fully saturated rings. The molecule has 0 aliphatic carbocycles. The van der Waals surface area contributed by atoms with Gasteiger partial charge in [-0.25, -0.2) is 4.98 Å². The summed E-state index contributed by atoms with van der Waals surface area (Å²) in [5.41, 5.74) is 1.19. The fourth-order valence-corrected chi connectivity index (χ4v) is 2.93. The van der Waals surface area contributed by atoms with Gasteiger partial charge in [-0.1, -0.05) is 0 Å². The van der Waals surface area contributed by atoms with Crippen molar-refractivity contribution < 1.29 is 9.47 Å². The third kappa shape index (κ3) is 4.81. The van der Waals surface area contributed by atoms with E-state index in [4.69, 9.17) is 9.47 Å². The molecule has 1 aliphatic rings. The first-order valence-electron chi connectivity index (χ1n) is 8.07. The van der Waals surface area contributed by atoms with Crippen LogP contribution in [0.5, 0.6) is 0 Å². The molecule has 0 spiro atoms. The van der Waals surface area contributed by atoms with Crippen molar-refractivity contribution in [2.45, 2.75) is 33.1 Å². The van der Waals surface area contributed by atoms with Gasteiger partial charge in [-0.3, -0.25) is 0 Å². The molecule has 1 aromatic rings. The van der Waals surface area contributed by atoms with Crippen LogP contribution in [0.1, 0.15) is 31.9 Å². The van der Waals surface area contributed by atoms with Crippen LogP contribution in [0.15, 0.2) is 6.07 Å². The third-order valence-electron chi connectivity index (χ3n) is 4.15. The van der Waals surface area contributed by atoms with Crippen molar-refractivity contribution in [1.82, 2.24) is 9.97 Å². The largest absolute Gasteiger partial charge is 0.384 e. The Morgan fingerprint density at radius 3 is 2.73 bits per heavy atom. The van der Waals surface area contributed by atoms with Crippen LogP contribution >= 0.6 is 0 Å². The Morgan fingerprint density at radius 2 is 2.05 bits per heavy atom. The Balaban J connectivity index is 1.91. The van der Waals surface area contributed by atoms with E-state index in [2.05, 4.69) is 20.6 Å². The van der Waals surface area contributed by atoms with Crippen molar-refractivity contribution in [2.75, 3.05) is 50.7 Å². The molecule has 0 bridgehead atoms. The summed E-state index contributed by atoms with van der Waals surface area (Å²) in [4.78, 5) is 8.85. The lowest BCUT2D eigenvalue weighted by atomic mass is 9.78. The number of hydrogen-bond donors (Lipinski definition) is 2. The fraction of sp³-hybridized carbons (Fsp3) is 0.750. The summed E-state index contributed by atoms with van der Waals surface area (Å²) >= 11 is 0. The maximum Gasteiger partial charge on any atom is 0.224 e. The highest BCUT2D eigenvalue weighted by Crippen LogP contribution is 2.34. The second kappa shape index (κ2) is 8.29. The molecule has 2 heterocycles. The van der Waals surface area contributed by atoms with Gasteiger partial charge in [-0.05, 0) is 38.5 Å². The van der Waals surface area contributed by atoms with Crippen LogP contribution in [0.25, 0.3) is 0 Å². The summed E-state index contributed by atoms with van der Waals surface area (Å²) in [6.45, 7) is 8.19. The van der Waals surface area contributed by atoms with Crippen LogP contribution in [-0.4, -0.2) is 50.0 Å². The van der Waals surface area contributed by atoms with Crippen molar-refractivity contribution in [3.63, 3.8) is 0 Å². The van der Waals surface area contributed by atoms with Gasteiger partial charge >= 0.3 is 0 Å². The Morgan fingerprint density at radius 1 is 1.27 bits per heavy atom. The van der Waals surface area contributed by atoms with Crippen LogP contribution in [0, 0.1) is 12.3 Å². The number of ether oxygens (including phenoxy) is 2. The first kappa shape index (κ1) is 17.0. The van der Waals surface area contributed by atoms with Crippen LogP contribution in [0.4, 0.5) is 11.8 Å². The van der Waals surface area contributed by atoms with Gasteiger partial charge in [0.15, 0.2) is 0 Å². The molecule has 6 nitrogen and oxygen atoms in total. The molecule has 0 unspecified atom stereocenters. The maximum atomic E-state index is 5.49. The Bertz CT molecular complexity index is 456. The van der Waals surface area contributed by atoms with Crippen LogP contribution < -0.4 is 10.6 Å². The zero-order valence-electron chi connectivity index (χ0n) is 13.9. The smallest absolute Gasteiger partial charge is 0.224 e. The number of rotatable bonds is 8. The molecule has 0 aromatic carbocycles. The summed E-state index contributed by atoms with van der Waals surface area (Å²) in [5.74, 6) is 1.56. The highest BCUT2D eigenvalue weighted by atomic mass is 16.5. The third-order valence-corrected chi connectivity index (χ3v) is 4.15. The zero-order chi connectivity index (χ0) is 15.8. The molecule has 1 aliphatic heterocycles. The summed E-state index contributed by atoms with van der Waals surface area (Å²) < 4.78 is 10.9. The molecule has 6 heteroatoms. The number of anilines is 2. The van der Waals surface area contributed by atoms with Crippen molar-refractivity contribution in [1.29, 1.82) is 0 Å². The predicted octanol–water partition coefficient (Wildman–Crippen LogP) is 2.46. The topological polar surface area (TPSA) is 68.3 Å². The molecule has 0 atom stereocenters. The molecule has 2 rings (SSSR count). The summed E-state index contributed by atoms with van der Waals surface area (Å²) in [7, 11) is 1.78. The number of nitrogens with zero attached hydrogens (tertiary/aromatic N) is 2. The standard InChI is InChI=1S/C16H28N4O2/c1-4-17-15-19-13(2)11-14(20-15)18-8-5-16(12-21-3)6-9-22-10-7-16/h11H,4-10,12H2,1-3H3,(H2,17,18,19,20). The van der Waals surface area contributed by atoms with Crippen molar-refractivity contribution in [3.8, 4) is 0 Å². The predicted molar refractivity (Wildman–Crippen MR) is 88.4 cm³/mol. The molecule has 1 saturated heterocycles. The minimum atomic E-state index is 0.229. The van der Waals surface area contributed by atoms with Gasteiger partial charge in [0, 0.05) is 45.2 Å². The van der Waals surface area contributed by atoms with Crippen LogP contribution in [0.2, 0.25) is 0 Å². The van der Waals surface area contributed by atoms with Crippen molar-refractivity contribution in [2.24, 2.45) is 5.41 Å². The van der Waals surface area contributed by atoms with E-state index in [0.29, 0.717) is 5.95 Å². The van der Waals surface area contributed by atoms with Crippen molar-refractivity contribution >= 4 is 11.8 Å². The number of aryl methyl sites for hydroxylation is 1. The first-order valence-corrected chi connectivity index (χ1v) is 8.07. The van der Waals surface area contributed by atoms with E-state index in [1.54, 1.807) is 7.11 Å². The van der Waals surface area contributed by atoms with Crippen LogP contribution in [-0.2, 0) is 9.47 Å². The molecular formula is C16H28N4O2. The quantitative estimate of drug-likeness (QED) is 0.769. The highest BCUT2D eigenvalue weighted by Gasteiger charge is 2.32. The molecule has 22 heavy (non-hydrogen) atoms. The zero-order valence-corrected chi connectivity index (χ0v) is 13.9. The van der Waals surface area contributed by atoms with Gasteiger partial charge in [0.1, 0.15) is 5.82 Å². The van der Waals surface area contributed by atoms with E-state index >= 15 is 0 Å². The number of hydrogen-bond acceptors (Lipinski definition) is 6. The minimum absolute atomic E-state index is 0.229. The summed E-state index contributed by atoms with van der Waals surface area (Å²) in [5, 5.41) is 6.58. The normalized spacial score (nSPS) is 17.2. The van der Waals surface area contributed by atoms with E-state index in [1.165, 1.54) is 0 Å². The average Bonchev–Trinajstić information content (AvgIpc) is 2.48.